The van der Waals surface area contributed by atoms with E-state index in [0.717, 1.165) is 18.5 Å². The van der Waals surface area contributed by atoms with Crippen LogP contribution in [-0.4, -0.2) is 63.1 Å². The second-order valence-corrected chi connectivity index (χ2v) is 11.1. The molecule has 4 heterocycles. The highest BCUT2D eigenvalue weighted by molar-refractivity contribution is 6.33. The maximum atomic E-state index is 13.5. The smallest absolute Gasteiger partial charge is 0.391 e. The average molecular weight is 591 g/mol. The Labute approximate surface area is 239 Å². The minimum atomic E-state index is -4.23. The Morgan fingerprint density at radius 3 is 2.30 bits per heavy atom. The lowest BCUT2D eigenvalue weighted by atomic mass is 9.96. The molecule has 1 atom stereocenters. The van der Waals surface area contributed by atoms with Crippen LogP contribution in [0.3, 0.4) is 0 Å². The molecule has 2 aromatic heterocycles. The fourth-order valence-corrected chi connectivity index (χ4v) is 5.99. The zero-order chi connectivity index (χ0) is 28.0. The third-order valence-electron chi connectivity index (χ3n) is 7.78. The van der Waals surface area contributed by atoms with E-state index in [1.54, 1.807) is 18.2 Å². The Bertz CT molecular complexity index is 1520. The van der Waals surface area contributed by atoms with Gasteiger partial charge >= 0.3 is 6.18 Å². The van der Waals surface area contributed by atoms with Crippen molar-refractivity contribution in [2.75, 3.05) is 36.0 Å². The topological polar surface area (TPSA) is 70.3 Å². The number of alkyl halides is 3. The van der Waals surface area contributed by atoms with Gasteiger partial charge in [-0.1, -0.05) is 35.3 Å². The molecule has 0 amide bonds. The first-order valence-electron chi connectivity index (χ1n) is 13.2. The highest BCUT2D eigenvalue weighted by Crippen LogP contribution is 2.40. The van der Waals surface area contributed by atoms with Crippen molar-refractivity contribution in [2.24, 2.45) is 5.92 Å². The van der Waals surface area contributed by atoms with Crippen LogP contribution in [0.15, 0.2) is 48.5 Å². The Morgan fingerprint density at radius 1 is 0.900 bits per heavy atom. The number of anilines is 2. The molecule has 12 heteroatoms. The number of nitrogens with zero attached hydrogens (tertiary/aromatic N) is 6. The van der Waals surface area contributed by atoms with Crippen molar-refractivity contribution >= 4 is 46.1 Å². The molecule has 2 aromatic carbocycles. The van der Waals surface area contributed by atoms with Gasteiger partial charge in [0, 0.05) is 35.9 Å². The fourth-order valence-electron chi connectivity index (χ4n) is 5.65. The summed E-state index contributed by atoms with van der Waals surface area (Å²) < 4.78 is 42.3. The number of halogens is 5. The first-order chi connectivity index (χ1) is 19.2. The second kappa shape index (κ2) is 10.7. The predicted octanol–water partition coefficient (Wildman–Crippen LogP) is 6.53. The number of piperidine rings is 1. The number of aliphatic hydroxyl groups is 1. The third-order valence-corrected chi connectivity index (χ3v) is 8.36. The number of imidazole rings is 1. The van der Waals surface area contributed by atoms with Crippen LogP contribution in [0.1, 0.15) is 25.7 Å². The van der Waals surface area contributed by atoms with Gasteiger partial charge in [0.1, 0.15) is 5.82 Å². The maximum Gasteiger partial charge on any atom is 0.391 e. The van der Waals surface area contributed by atoms with Crippen molar-refractivity contribution in [1.29, 1.82) is 0 Å². The number of aromatic nitrogens is 4. The van der Waals surface area contributed by atoms with Gasteiger partial charge in [-0.15, -0.1) is 0 Å². The van der Waals surface area contributed by atoms with Gasteiger partial charge in [0.15, 0.2) is 17.0 Å². The van der Waals surface area contributed by atoms with Crippen LogP contribution in [0.25, 0.3) is 28.2 Å². The summed E-state index contributed by atoms with van der Waals surface area (Å²) in [6.07, 6.45) is -2.60. The van der Waals surface area contributed by atoms with Crippen LogP contribution >= 0.6 is 23.2 Å². The molecule has 0 bridgehead atoms. The van der Waals surface area contributed by atoms with Crippen molar-refractivity contribution in [3.8, 4) is 17.1 Å². The van der Waals surface area contributed by atoms with E-state index in [9.17, 15) is 18.3 Å². The van der Waals surface area contributed by atoms with Crippen LogP contribution < -0.4 is 9.80 Å². The van der Waals surface area contributed by atoms with Crippen molar-refractivity contribution in [2.45, 2.75) is 37.9 Å². The third kappa shape index (κ3) is 4.97. The molecule has 2 aliphatic rings. The normalized spacial score (nSPS) is 18.7. The molecule has 0 saturated carbocycles. The second-order valence-electron chi connectivity index (χ2n) is 10.2. The zero-order valence-electron chi connectivity index (χ0n) is 21.5. The van der Waals surface area contributed by atoms with E-state index in [-0.39, 0.29) is 38.6 Å². The minimum Gasteiger partial charge on any atom is -0.394 e. The van der Waals surface area contributed by atoms with Gasteiger partial charge in [0.2, 0.25) is 5.95 Å². The Balaban J connectivity index is 1.58. The molecule has 2 fully saturated rings. The van der Waals surface area contributed by atoms with Crippen molar-refractivity contribution in [3.63, 3.8) is 0 Å². The van der Waals surface area contributed by atoms with Crippen LogP contribution in [-0.2, 0) is 0 Å². The Morgan fingerprint density at radius 2 is 1.62 bits per heavy atom. The standard InChI is InChI=1S/C28H27Cl2F3N6O/c29-18-7-9-19(10-8-18)39-24(21-5-1-2-6-22(21)30)34-23-25(37-14-11-17(12-15-37)28(31,32)33)35-27(36-26(23)39)38-13-3-4-20(38)16-40/h1-2,5-10,17,20,40H,3-4,11-16H2/t20-/m1/s1. The first kappa shape index (κ1) is 27.1. The first-order valence-corrected chi connectivity index (χ1v) is 14.0. The van der Waals surface area contributed by atoms with Gasteiger partial charge in [-0.3, -0.25) is 4.57 Å². The molecular formula is C28H27Cl2F3N6O. The SMILES string of the molecule is OC[C@H]1CCCN1c1nc(N2CCC(C(F)(F)F)CC2)c2nc(-c3ccccc3Cl)n(-c3ccc(Cl)cc3)c2n1. The molecule has 4 aromatic rings. The number of aliphatic hydroxyl groups excluding tert-OH is 1. The van der Waals surface area contributed by atoms with Gasteiger partial charge in [-0.05, 0) is 62.1 Å². The quantitative estimate of drug-likeness (QED) is 0.285. The van der Waals surface area contributed by atoms with Gasteiger partial charge in [0.05, 0.1) is 23.6 Å². The van der Waals surface area contributed by atoms with Crippen molar-refractivity contribution < 1.29 is 18.3 Å². The molecule has 210 valence electrons. The largest absolute Gasteiger partial charge is 0.394 e. The maximum absolute atomic E-state index is 13.5. The monoisotopic (exact) mass is 590 g/mol. The molecule has 6 rings (SSSR count). The summed E-state index contributed by atoms with van der Waals surface area (Å²) >= 11 is 12.8. The molecule has 2 saturated heterocycles. The molecule has 0 aliphatic carbocycles. The van der Waals surface area contributed by atoms with Gasteiger partial charge < -0.3 is 14.9 Å². The number of rotatable bonds is 5. The summed E-state index contributed by atoms with van der Waals surface area (Å²) in [6.45, 7) is 0.997. The Hall–Kier alpha value is -3.08. The minimum absolute atomic E-state index is 0.0252. The summed E-state index contributed by atoms with van der Waals surface area (Å²) in [6, 6.07) is 14.4. The van der Waals surface area contributed by atoms with E-state index >= 15 is 0 Å². The molecule has 7 nitrogen and oxygen atoms in total. The van der Waals surface area contributed by atoms with Crippen molar-refractivity contribution in [1.82, 2.24) is 19.5 Å². The number of benzene rings is 2. The van der Waals surface area contributed by atoms with Crippen LogP contribution in [0.2, 0.25) is 10.0 Å². The summed E-state index contributed by atoms with van der Waals surface area (Å²) in [5, 5.41) is 11.1. The molecule has 2 aliphatic heterocycles. The molecule has 1 N–H and O–H groups in total. The summed E-state index contributed by atoms with van der Waals surface area (Å²) in [4.78, 5) is 18.7. The van der Waals surface area contributed by atoms with Crippen LogP contribution in [0.4, 0.5) is 24.9 Å². The molecule has 0 unspecified atom stereocenters. The van der Waals surface area contributed by atoms with E-state index in [2.05, 4.69) is 0 Å². The summed E-state index contributed by atoms with van der Waals surface area (Å²) in [5.41, 5.74) is 2.39. The van der Waals surface area contributed by atoms with E-state index < -0.39 is 12.1 Å². The molecule has 0 spiro atoms. The fraction of sp³-hybridized carbons (Fsp3) is 0.393. The van der Waals surface area contributed by atoms with Crippen LogP contribution in [0, 0.1) is 5.92 Å². The van der Waals surface area contributed by atoms with Gasteiger partial charge in [0.25, 0.3) is 0 Å². The molecule has 40 heavy (non-hydrogen) atoms. The van der Waals surface area contributed by atoms with E-state index in [4.69, 9.17) is 38.2 Å². The van der Waals surface area contributed by atoms with Crippen LogP contribution in [0.5, 0.6) is 0 Å². The van der Waals surface area contributed by atoms with E-state index in [1.165, 1.54) is 0 Å². The predicted molar refractivity (Wildman–Crippen MR) is 151 cm³/mol. The average Bonchev–Trinajstić information content (AvgIpc) is 3.58. The zero-order valence-corrected chi connectivity index (χ0v) is 23.0. The van der Waals surface area contributed by atoms with E-state index in [1.807, 2.05) is 44.7 Å². The number of hydrogen-bond acceptors (Lipinski definition) is 6. The highest BCUT2D eigenvalue weighted by Gasteiger charge is 2.42. The molecular weight excluding hydrogens is 564 g/mol. The highest BCUT2D eigenvalue weighted by atomic mass is 35.5. The lowest BCUT2D eigenvalue weighted by Gasteiger charge is -2.34. The van der Waals surface area contributed by atoms with E-state index in [0.29, 0.717) is 50.9 Å². The number of hydrogen-bond donors (Lipinski definition) is 1. The summed E-state index contributed by atoms with van der Waals surface area (Å²) in [5.74, 6) is 0.0761. The lowest BCUT2D eigenvalue weighted by Crippen LogP contribution is -2.40. The number of fused-ring (bicyclic) bond motifs is 1. The lowest BCUT2D eigenvalue weighted by molar-refractivity contribution is -0.179. The van der Waals surface area contributed by atoms with Gasteiger partial charge in [-0.2, -0.15) is 23.1 Å². The Kier molecular flexibility index (Phi) is 7.27. The molecule has 0 radical (unpaired) electrons. The van der Waals surface area contributed by atoms with Gasteiger partial charge in [-0.25, -0.2) is 4.98 Å². The summed E-state index contributed by atoms with van der Waals surface area (Å²) in [7, 11) is 0. The van der Waals surface area contributed by atoms with Crippen molar-refractivity contribution in [3.05, 3.63) is 58.6 Å².